The van der Waals surface area contributed by atoms with E-state index in [-0.39, 0.29) is 6.03 Å². The molecule has 8 nitrogen and oxygen atoms in total. The first-order chi connectivity index (χ1) is 9.15. The van der Waals surface area contributed by atoms with Gasteiger partial charge in [0.2, 0.25) is 5.91 Å². The van der Waals surface area contributed by atoms with E-state index >= 15 is 0 Å². The normalized spacial score (nSPS) is 18.4. The molecule has 1 aliphatic rings. The molecule has 20 heavy (non-hydrogen) atoms. The smallest absolute Gasteiger partial charge is 0.320 e. The number of rotatable bonds is 4. The molecule has 0 radical (unpaired) electrons. The lowest BCUT2D eigenvalue weighted by Crippen LogP contribution is -2.60. The number of carboxylic acid groups (broad SMARTS) is 1. The van der Waals surface area contributed by atoms with E-state index in [1.807, 2.05) is 0 Å². The fraction of sp³-hybridized carbons (Fsp3) is 0.750. The van der Waals surface area contributed by atoms with Crippen LogP contribution in [0.5, 0.6) is 0 Å². The lowest BCUT2D eigenvalue weighted by atomic mass is 10.1. The molecule has 0 aliphatic carbocycles. The Morgan fingerprint density at radius 2 is 1.70 bits per heavy atom. The standard InChI is InChI=1S/C12H22N4O4/c1-8(9(17)18)15-4-6-16(7-5-15)11(20)14-12(2,3)10(13)19/h8H,4-7H2,1-3H3,(H2,13,19)(H,14,20)(H,17,18). The van der Waals surface area contributed by atoms with Crippen molar-refractivity contribution in [1.29, 1.82) is 0 Å². The zero-order chi connectivity index (χ0) is 15.5. The summed E-state index contributed by atoms with van der Waals surface area (Å²) in [5.74, 6) is -1.48. The maximum Gasteiger partial charge on any atom is 0.320 e. The van der Waals surface area contributed by atoms with Crippen molar-refractivity contribution in [1.82, 2.24) is 15.1 Å². The van der Waals surface area contributed by atoms with Gasteiger partial charge in [-0.3, -0.25) is 14.5 Å². The molecule has 0 aromatic rings. The molecule has 3 amide bonds. The Morgan fingerprint density at radius 3 is 2.10 bits per heavy atom. The highest BCUT2D eigenvalue weighted by Crippen LogP contribution is 2.08. The summed E-state index contributed by atoms with van der Waals surface area (Å²) >= 11 is 0. The number of hydrogen-bond acceptors (Lipinski definition) is 4. The fourth-order valence-corrected chi connectivity index (χ4v) is 1.88. The van der Waals surface area contributed by atoms with Gasteiger partial charge in [0.25, 0.3) is 0 Å². The Labute approximate surface area is 117 Å². The van der Waals surface area contributed by atoms with Gasteiger partial charge in [-0.1, -0.05) is 0 Å². The van der Waals surface area contributed by atoms with Gasteiger partial charge >= 0.3 is 12.0 Å². The number of piperazine rings is 1. The number of carboxylic acids is 1. The third-order valence-electron chi connectivity index (χ3n) is 3.54. The van der Waals surface area contributed by atoms with E-state index in [2.05, 4.69) is 5.32 Å². The topological polar surface area (TPSA) is 116 Å². The van der Waals surface area contributed by atoms with Crippen molar-refractivity contribution in [2.75, 3.05) is 26.2 Å². The minimum Gasteiger partial charge on any atom is -0.480 e. The molecule has 8 heteroatoms. The summed E-state index contributed by atoms with van der Waals surface area (Å²) < 4.78 is 0. The van der Waals surface area contributed by atoms with Gasteiger partial charge in [-0.2, -0.15) is 0 Å². The quantitative estimate of drug-likeness (QED) is 0.616. The van der Waals surface area contributed by atoms with Crippen LogP contribution in [0.2, 0.25) is 0 Å². The van der Waals surface area contributed by atoms with E-state index < -0.39 is 23.5 Å². The summed E-state index contributed by atoms with van der Waals surface area (Å²) in [5, 5.41) is 11.5. The van der Waals surface area contributed by atoms with Crippen LogP contribution in [0.25, 0.3) is 0 Å². The molecule has 0 aromatic heterocycles. The van der Waals surface area contributed by atoms with Gasteiger partial charge in [-0.25, -0.2) is 4.79 Å². The number of amides is 3. The summed E-state index contributed by atoms with van der Waals surface area (Å²) in [6.07, 6.45) is 0. The van der Waals surface area contributed by atoms with Crippen molar-refractivity contribution in [3.05, 3.63) is 0 Å². The van der Waals surface area contributed by atoms with Crippen molar-refractivity contribution in [3.63, 3.8) is 0 Å². The number of carbonyl (C=O) groups is 3. The van der Waals surface area contributed by atoms with Crippen molar-refractivity contribution in [2.24, 2.45) is 5.73 Å². The molecule has 0 spiro atoms. The summed E-state index contributed by atoms with van der Waals surface area (Å²) in [4.78, 5) is 37.4. The largest absolute Gasteiger partial charge is 0.480 e. The second-order valence-electron chi connectivity index (χ2n) is 5.46. The third kappa shape index (κ3) is 3.83. The van der Waals surface area contributed by atoms with Gasteiger partial charge in [-0.15, -0.1) is 0 Å². The number of hydrogen-bond donors (Lipinski definition) is 3. The summed E-state index contributed by atoms with van der Waals surface area (Å²) in [5.41, 5.74) is 4.09. The monoisotopic (exact) mass is 286 g/mol. The first kappa shape index (κ1) is 16.2. The molecule has 4 N–H and O–H groups in total. The maximum absolute atomic E-state index is 12.0. The third-order valence-corrected chi connectivity index (χ3v) is 3.54. The molecule has 0 aromatic carbocycles. The van der Waals surface area contributed by atoms with Gasteiger partial charge in [0.15, 0.2) is 0 Å². The molecular weight excluding hydrogens is 264 g/mol. The van der Waals surface area contributed by atoms with Crippen LogP contribution in [-0.2, 0) is 9.59 Å². The van der Waals surface area contributed by atoms with E-state index in [1.54, 1.807) is 16.7 Å². The van der Waals surface area contributed by atoms with Crippen LogP contribution in [0.3, 0.4) is 0 Å². The molecular formula is C12H22N4O4. The first-order valence-electron chi connectivity index (χ1n) is 6.49. The number of primary amides is 1. The van der Waals surface area contributed by atoms with Crippen molar-refractivity contribution in [2.45, 2.75) is 32.4 Å². The first-order valence-corrected chi connectivity index (χ1v) is 6.49. The highest BCUT2D eigenvalue weighted by atomic mass is 16.4. The highest BCUT2D eigenvalue weighted by Gasteiger charge is 2.31. The Balaban J connectivity index is 2.51. The van der Waals surface area contributed by atoms with Gasteiger partial charge in [0, 0.05) is 26.2 Å². The Morgan fingerprint density at radius 1 is 1.20 bits per heavy atom. The number of nitrogens with zero attached hydrogens (tertiary/aromatic N) is 2. The Kier molecular flexibility index (Phi) is 4.93. The van der Waals surface area contributed by atoms with E-state index in [1.165, 1.54) is 13.8 Å². The van der Waals surface area contributed by atoms with E-state index in [9.17, 15) is 14.4 Å². The molecule has 0 saturated carbocycles. The second-order valence-corrected chi connectivity index (χ2v) is 5.46. The molecule has 1 atom stereocenters. The van der Waals surface area contributed by atoms with Gasteiger partial charge < -0.3 is 21.1 Å². The number of aliphatic carboxylic acids is 1. The van der Waals surface area contributed by atoms with Crippen LogP contribution >= 0.6 is 0 Å². The van der Waals surface area contributed by atoms with Gasteiger partial charge in [-0.05, 0) is 20.8 Å². The molecule has 1 saturated heterocycles. The Hall–Kier alpha value is -1.83. The SMILES string of the molecule is CC(C(=O)O)N1CCN(C(=O)NC(C)(C)C(N)=O)CC1. The number of carbonyl (C=O) groups excluding carboxylic acids is 2. The average Bonchev–Trinajstić information content (AvgIpc) is 2.37. The van der Waals surface area contributed by atoms with Crippen LogP contribution in [0.1, 0.15) is 20.8 Å². The zero-order valence-corrected chi connectivity index (χ0v) is 12.0. The van der Waals surface area contributed by atoms with Crippen LogP contribution < -0.4 is 11.1 Å². The van der Waals surface area contributed by atoms with Crippen LogP contribution in [0, 0.1) is 0 Å². The van der Waals surface area contributed by atoms with Gasteiger partial charge in [0.05, 0.1) is 0 Å². The lowest BCUT2D eigenvalue weighted by Gasteiger charge is -2.37. The van der Waals surface area contributed by atoms with Crippen LogP contribution in [-0.4, -0.2) is 70.6 Å². The van der Waals surface area contributed by atoms with E-state index in [0.717, 1.165) is 0 Å². The van der Waals surface area contributed by atoms with E-state index in [4.69, 9.17) is 10.8 Å². The minimum absolute atomic E-state index is 0.364. The van der Waals surface area contributed by atoms with Crippen LogP contribution in [0.15, 0.2) is 0 Å². The van der Waals surface area contributed by atoms with Crippen molar-refractivity contribution < 1.29 is 19.5 Å². The minimum atomic E-state index is -1.11. The average molecular weight is 286 g/mol. The molecule has 1 unspecified atom stereocenters. The zero-order valence-electron chi connectivity index (χ0n) is 12.0. The molecule has 1 rings (SSSR count). The number of nitrogens with one attached hydrogen (secondary N) is 1. The Bertz CT molecular complexity index is 402. The summed E-state index contributed by atoms with van der Waals surface area (Å²) in [6, 6.07) is -0.932. The van der Waals surface area contributed by atoms with Crippen LogP contribution in [0.4, 0.5) is 4.79 Å². The molecule has 114 valence electrons. The van der Waals surface area contributed by atoms with Crippen molar-refractivity contribution in [3.8, 4) is 0 Å². The summed E-state index contributed by atoms with van der Waals surface area (Å²) in [7, 11) is 0. The molecule has 0 bridgehead atoms. The van der Waals surface area contributed by atoms with E-state index in [0.29, 0.717) is 26.2 Å². The fourth-order valence-electron chi connectivity index (χ4n) is 1.88. The number of nitrogens with two attached hydrogens (primary N) is 1. The number of urea groups is 1. The lowest BCUT2D eigenvalue weighted by molar-refractivity contribution is -0.143. The molecule has 1 fully saturated rings. The molecule has 1 aliphatic heterocycles. The second kappa shape index (κ2) is 6.08. The molecule has 1 heterocycles. The summed E-state index contributed by atoms with van der Waals surface area (Å²) in [6.45, 7) is 6.49. The van der Waals surface area contributed by atoms with Gasteiger partial charge in [0.1, 0.15) is 11.6 Å². The van der Waals surface area contributed by atoms with Crippen molar-refractivity contribution >= 4 is 17.9 Å². The maximum atomic E-state index is 12.0. The predicted octanol–water partition coefficient (Wildman–Crippen LogP) is -0.949. The highest BCUT2D eigenvalue weighted by molar-refractivity contribution is 5.89. The predicted molar refractivity (Wildman–Crippen MR) is 72.0 cm³/mol.